The van der Waals surface area contributed by atoms with Crippen LogP contribution < -0.4 is 20.3 Å². The van der Waals surface area contributed by atoms with Crippen LogP contribution in [0, 0.1) is 11.7 Å². The minimum Gasteiger partial charge on any atom is -0.497 e. The van der Waals surface area contributed by atoms with Crippen LogP contribution in [0.25, 0.3) is 11.4 Å². The predicted molar refractivity (Wildman–Crippen MR) is 127 cm³/mol. The molecule has 0 fully saturated rings. The lowest BCUT2D eigenvalue weighted by Crippen LogP contribution is -2.30. The van der Waals surface area contributed by atoms with Gasteiger partial charge in [0.1, 0.15) is 23.1 Å². The third-order valence-electron chi connectivity index (χ3n) is 6.24. The fourth-order valence-electron chi connectivity index (χ4n) is 4.30. The summed E-state index contributed by atoms with van der Waals surface area (Å²) in [5.74, 6) is 1.56. The molecule has 0 spiro atoms. The zero-order chi connectivity index (χ0) is 24.1. The van der Waals surface area contributed by atoms with Crippen LogP contribution in [-0.2, 0) is 24.1 Å². The molecular weight excluding hydrogens is 437 g/mol. The van der Waals surface area contributed by atoms with E-state index in [-0.39, 0.29) is 29.6 Å². The van der Waals surface area contributed by atoms with Crippen LogP contribution in [0.2, 0.25) is 0 Å². The van der Waals surface area contributed by atoms with Gasteiger partial charge in [0.2, 0.25) is 5.91 Å². The van der Waals surface area contributed by atoms with Crippen molar-refractivity contribution in [3.63, 3.8) is 0 Å². The third kappa shape index (κ3) is 5.44. The third-order valence-corrected chi connectivity index (χ3v) is 6.24. The lowest BCUT2D eigenvalue weighted by atomic mass is 9.99. The van der Waals surface area contributed by atoms with Crippen molar-refractivity contribution < 1.29 is 18.7 Å². The second kappa shape index (κ2) is 10.5. The number of carbonyl (C=O) groups is 1. The van der Waals surface area contributed by atoms with Gasteiger partial charge in [-0.1, -0.05) is 0 Å². The van der Waals surface area contributed by atoms with Gasteiger partial charge in [-0.05, 0) is 74.1 Å². The minimum atomic E-state index is -0.337. The Hall–Kier alpha value is -3.68. The summed E-state index contributed by atoms with van der Waals surface area (Å²) in [7, 11) is 3.15. The van der Waals surface area contributed by atoms with E-state index < -0.39 is 0 Å². The average Bonchev–Trinajstić information content (AvgIpc) is 3.06. The van der Waals surface area contributed by atoms with E-state index in [0.29, 0.717) is 47.8 Å². The number of benzene rings is 2. The molecule has 1 aliphatic rings. The highest BCUT2D eigenvalue weighted by atomic mass is 19.1. The lowest BCUT2D eigenvalue weighted by molar-refractivity contribution is -0.120. The molecule has 4 rings (SSSR count). The van der Waals surface area contributed by atoms with E-state index in [1.165, 1.54) is 12.1 Å². The Morgan fingerprint density at radius 3 is 2.62 bits per heavy atom. The molecule has 0 aliphatic heterocycles. The monoisotopic (exact) mass is 465 g/mol. The molecule has 1 aliphatic carbocycles. The van der Waals surface area contributed by atoms with Crippen LogP contribution in [0.4, 0.5) is 4.39 Å². The fourth-order valence-corrected chi connectivity index (χ4v) is 4.30. The van der Waals surface area contributed by atoms with Gasteiger partial charge in [0, 0.05) is 23.2 Å². The van der Waals surface area contributed by atoms with Crippen molar-refractivity contribution in [3.8, 4) is 22.9 Å². The summed E-state index contributed by atoms with van der Waals surface area (Å²) in [5, 5.41) is 3.02. The van der Waals surface area contributed by atoms with E-state index >= 15 is 0 Å². The largest absolute Gasteiger partial charge is 0.497 e. The second-order valence-electron chi connectivity index (χ2n) is 8.45. The van der Waals surface area contributed by atoms with Gasteiger partial charge in [0.15, 0.2) is 0 Å². The van der Waals surface area contributed by atoms with Gasteiger partial charge in [-0.25, -0.2) is 9.37 Å². The number of fused-ring (bicyclic) bond motifs is 1. The number of aromatic amines is 1. The number of H-pyrrole nitrogens is 1. The molecule has 34 heavy (non-hydrogen) atoms. The smallest absolute Gasteiger partial charge is 0.254 e. The van der Waals surface area contributed by atoms with Crippen LogP contribution in [0.3, 0.4) is 0 Å². The van der Waals surface area contributed by atoms with Crippen molar-refractivity contribution in [2.24, 2.45) is 5.92 Å². The number of amides is 1. The number of aromatic nitrogens is 2. The van der Waals surface area contributed by atoms with E-state index in [2.05, 4.69) is 15.3 Å². The Labute approximate surface area is 197 Å². The molecule has 1 atom stereocenters. The SMILES string of the molecule is COc1ccc(OC)c(CC(=O)NCC2CCc3nc(-c4ccc(F)cc4)[nH]c(=O)c3CC2)c1. The molecule has 178 valence electrons. The molecule has 8 heteroatoms. The minimum absolute atomic E-state index is 0.0946. The normalized spacial score (nSPS) is 15.2. The number of methoxy groups -OCH3 is 2. The predicted octanol–water partition coefficient (Wildman–Crippen LogP) is 3.45. The van der Waals surface area contributed by atoms with Gasteiger partial charge in [-0.3, -0.25) is 9.59 Å². The fraction of sp³-hybridized carbons (Fsp3) is 0.346. The maximum Gasteiger partial charge on any atom is 0.254 e. The van der Waals surface area contributed by atoms with Crippen molar-refractivity contribution >= 4 is 5.91 Å². The molecule has 1 amide bonds. The highest BCUT2D eigenvalue weighted by Crippen LogP contribution is 2.25. The van der Waals surface area contributed by atoms with Gasteiger partial charge in [-0.2, -0.15) is 0 Å². The summed E-state index contributed by atoms with van der Waals surface area (Å²) >= 11 is 0. The molecule has 0 radical (unpaired) electrons. The van der Waals surface area contributed by atoms with Gasteiger partial charge >= 0.3 is 0 Å². The van der Waals surface area contributed by atoms with Crippen molar-refractivity contribution in [2.75, 3.05) is 20.8 Å². The average molecular weight is 466 g/mol. The number of ether oxygens (including phenoxy) is 2. The molecule has 1 heterocycles. The standard InChI is InChI=1S/C26H28FN3O4/c1-33-20-9-12-23(34-2)18(13-20)14-24(31)28-15-16-3-10-21-22(11-4-16)29-25(30-26(21)32)17-5-7-19(27)8-6-17/h5-9,12-13,16H,3-4,10-11,14-15H2,1-2H3,(H,28,31)(H,29,30,32). The van der Waals surface area contributed by atoms with Crippen LogP contribution in [-0.4, -0.2) is 36.6 Å². The molecule has 2 aromatic carbocycles. The van der Waals surface area contributed by atoms with Crippen molar-refractivity contribution in [1.82, 2.24) is 15.3 Å². The molecule has 0 bridgehead atoms. The first kappa shape index (κ1) is 23.5. The number of carbonyl (C=O) groups excluding carboxylic acids is 1. The highest BCUT2D eigenvalue weighted by molar-refractivity contribution is 5.79. The quantitative estimate of drug-likeness (QED) is 0.522. The second-order valence-corrected chi connectivity index (χ2v) is 8.45. The molecule has 1 aromatic heterocycles. The number of rotatable bonds is 7. The van der Waals surface area contributed by atoms with E-state index in [0.717, 1.165) is 24.1 Å². The van der Waals surface area contributed by atoms with E-state index in [9.17, 15) is 14.0 Å². The lowest BCUT2D eigenvalue weighted by Gasteiger charge is -2.15. The van der Waals surface area contributed by atoms with Crippen LogP contribution in [0.1, 0.15) is 29.7 Å². The zero-order valence-corrected chi connectivity index (χ0v) is 19.3. The van der Waals surface area contributed by atoms with Crippen LogP contribution in [0.15, 0.2) is 47.3 Å². The zero-order valence-electron chi connectivity index (χ0n) is 19.3. The Bertz CT molecular complexity index is 1220. The van der Waals surface area contributed by atoms with Crippen LogP contribution in [0.5, 0.6) is 11.5 Å². The number of nitrogens with zero attached hydrogens (tertiary/aromatic N) is 1. The Kier molecular flexibility index (Phi) is 7.25. The van der Waals surface area contributed by atoms with Crippen molar-refractivity contribution in [2.45, 2.75) is 32.1 Å². The van der Waals surface area contributed by atoms with Gasteiger partial charge in [-0.15, -0.1) is 0 Å². The molecule has 1 unspecified atom stereocenters. The number of aryl methyl sites for hydroxylation is 1. The van der Waals surface area contributed by atoms with Crippen LogP contribution >= 0.6 is 0 Å². The summed E-state index contributed by atoms with van der Waals surface area (Å²) in [4.78, 5) is 32.8. The van der Waals surface area contributed by atoms with E-state index in [4.69, 9.17) is 9.47 Å². The van der Waals surface area contributed by atoms with Crippen molar-refractivity contribution in [3.05, 3.63) is 75.5 Å². The summed E-state index contributed by atoms with van der Waals surface area (Å²) < 4.78 is 23.8. The molecule has 2 N–H and O–H groups in total. The van der Waals surface area contributed by atoms with Crippen molar-refractivity contribution in [1.29, 1.82) is 0 Å². The number of hydrogen-bond donors (Lipinski definition) is 2. The molecule has 0 saturated carbocycles. The van der Waals surface area contributed by atoms with Gasteiger partial charge in [0.25, 0.3) is 5.56 Å². The maximum absolute atomic E-state index is 13.2. The number of nitrogens with one attached hydrogen (secondary N) is 2. The number of hydrogen-bond acceptors (Lipinski definition) is 5. The Morgan fingerprint density at radius 2 is 1.88 bits per heavy atom. The summed E-state index contributed by atoms with van der Waals surface area (Å²) in [6.07, 6.45) is 3.05. The molecular formula is C26H28FN3O4. The first-order chi connectivity index (χ1) is 16.5. The summed E-state index contributed by atoms with van der Waals surface area (Å²) in [6.45, 7) is 0.530. The Balaban J connectivity index is 1.38. The molecule has 7 nitrogen and oxygen atoms in total. The summed E-state index contributed by atoms with van der Waals surface area (Å²) in [6, 6.07) is 11.3. The first-order valence-corrected chi connectivity index (χ1v) is 11.3. The van der Waals surface area contributed by atoms with Gasteiger partial charge in [0.05, 0.1) is 26.3 Å². The van der Waals surface area contributed by atoms with E-state index in [1.807, 2.05) is 0 Å². The summed E-state index contributed by atoms with van der Waals surface area (Å²) in [5.41, 5.74) is 2.75. The Morgan fingerprint density at radius 1 is 1.12 bits per heavy atom. The molecule has 0 saturated heterocycles. The first-order valence-electron chi connectivity index (χ1n) is 11.3. The topological polar surface area (TPSA) is 93.3 Å². The highest BCUT2D eigenvalue weighted by Gasteiger charge is 2.21. The van der Waals surface area contributed by atoms with E-state index in [1.54, 1.807) is 44.6 Å². The number of halogens is 1. The molecule has 3 aromatic rings. The van der Waals surface area contributed by atoms with Gasteiger partial charge < -0.3 is 19.8 Å². The maximum atomic E-state index is 13.2.